The van der Waals surface area contributed by atoms with Gasteiger partial charge in [0.25, 0.3) is 0 Å². The zero-order valence-electron chi connectivity index (χ0n) is 15.1. The van der Waals surface area contributed by atoms with Crippen molar-refractivity contribution in [2.75, 3.05) is 0 Å². The number of hydrogen-bond donors (Lipinski definition) is 0. The molecule has 2 aromatic heterocycles. The number of pyridine rings is 1. The molecule has 1 aliphatic heterocycles. The summed E-state index contributed by atoms with van der Waals surface area (Å²) in [5.74, 6) is 1.34. The molecule has 5 heteroatoms. The van der Waals surface area contributed by atoms with Crippen LogP contribution in [0.1, 0.15) is 49.1 Å². The Morgan fingerprint density at radius 2 is 2.04 bits per heavy atom. The van der Waals surface area contributed by atoms with Gasteiger partial charge < -0.3 is 0 Å². The van der Waals surface area contributed by atoms with Crippen LogP contribution in [-0.2, 0) is 0 Å². The highest BCUT2D eigenvalue weighted by Gasteiger charge is 2.30. The number of benzene rings is 1. The maximum Gasteiger partial charge on any atom is 0.138 e. The van der Waals surface area contributed by atoms with Gasteiger partial charge in [0.1, 0.15) is 11.9 Å². The van der Waals surface area contributed by atoms with Gasteiger partial charge in [0, 0.05) is 28.7 Å². The van der Waals surface area contributed by atoms with Gasteiger partial charge in [-0.1, -0.05) is 37.9 Å². The number of aryl methyl sites for hydroxylation is 1. The molecule has 0 spiro atoms. The number of imidazole rings is 1. The highest BCUT2D eigenvalue weighted by atomic mass is 35.5. The lowest BCUT2D eigenvalue weighted by molar-refractivity contribution is 0.439. The first kappa shape index (κ1) is 17.0. The van der Waals surface area contributed by atoms with Crippen molar-refractivity contribution >= 4 is 17.3 Å². The van der Waals surface area contributed by atoms with Crippen LogP contribution in [0.5, 0.6) is 0 Å². The van der Waals surface area contributed by atoms with E-state index >= 15 is 0 Å². The SMILES string of the molecule is CCC(C)[C@@H]1N=C(c2ccccn2)c2cc(Cl)ccc2-n2c(C)cnc21. The van der Waals surface area contributed by atoms with Crippen LogP contribution in [0.15, 0.2) is 53.8 Å². The molecule has 0 saturated carbocycles. The number of hydrogen-bond acceptors (Lipinski definition) is 3. The zero-order valence-corrected chi connectivity index (χ0v) is 15.9. The molecule has 0 saturated heterocycles. The van der Waals surface area contributed by atoms with E-state index in [1.54, 1.807) is 6.20 Å². The average molecular weight is 365 g/mol. The summed E-state index contributed by atoms with van der Waals surface area (Å²) in [6.45, 7) is 6.49. The lowest BCUT2D eigenvalue weighted by atomic mass is 9.98. The van der Waals surface area contributed by atoms with E-state index in [9.17, 15) is 0 Å². The summed E-state index contributed by atoms with van der Waals surface area (Å²) in [5.41, 5.74) is 4.86. The molecule has 1 aliphatic rings. The van der Waals surface area contributed by atoms with E-state index in [-0.39, 0.29) is 6.04 Å². The Bertz CT molecular complexity index is 975. The Kier molecular flexibility index (Phi) is 4.37. The second-order valence-corrected chi connectivity index (χ2v) is 7.21. The molecule has 0 amide bonds. The van der Waals surface area contributed by atoms with Crippen LogP contribution in [0.4, 0.5) is 0 Å². The van der Waals surface area contributed by atoms with Gasteiger partial charge in [-0.05, 0) is 43.2 Å². The largest absolute Gasteiger partial charge is 0.299 e. The van der Waals surface area contributed by atoms with Crippen LogP contribution in [-0.4, -0.2) is 20.2 Å². The molecule has 1 aromatic carbocycles. The van der Waals surface area contributed by atoms with Crippen LogP contribution in [0.2, 0.25) is 5.02 Å². The molecule has 1 unspecified atom stereocenters. The predicted molar refractivity (Wildman–Crippen MR) is 105 cm³/mol. The van der Waals surface area contributed by atoms with Gasteiger partial charge in [-0.25, -0.2) is 4.98 Å². The first-order chi connectivity index (χ1) is 12.6. The highest BCUT2D eigenvalue weighted by Crippen LogP contribution is 2.36. The standard InChI is InChI=1S/C21H21ClN4/c1-4-13(2)19-21-24-12-14(3)26(21)18-9-8-15(22)11-16(18)20(25-19)17-7-5-6-10-23-17/h5-13,19H,4H2,1-3H3/t13?,19-/m0/s1. The van der Waals surface area contributed by atoms with Gasteiger partial charge in [0.15, 0.2) is 0 Å². The van der Waals surface area contributed by atoms with E-state index in [0.717, 1.165) is 40.6 Å². The Balaban J connectivity index is 2.05. The van der Waals surface area contributed by atoms with Gasteiger partial charge in [0.2, 0.25) is 0 Å². The van der Waals surface area contributed by atoms with Gasteiger partial charge in [-0.2, -0.15) is 0 Å². The molecule has 0 aliphatic carbocycles. The summed E-state index contributed by atoms with van der Waals surface area (Å²) in [4.78, 5) is 14.4. The molecule has 132 valence electrons. The quantitative estimate of drug-likeness (QED) is 0.643. The number of aromatic nitrogens is 3. The molecule has 4 nitrogen and oxygen atoms in total. The topological polar surface area (TPSA) is 43.1 Å². The van der Waals surface area contributed by atoms with Crippen molar-refractivity contribution in [2.24, 2.45) is 10.9 Å². The van der Waals surface area contributed by atoms with Crippen LogP contribution >= 0.6 is 11.6 Å². The van der Waals surface area contributed by atoms with Crippen molar-refractivity contribution in [1.82, 2.24) is 14.5 Å². The molecule has 26 heavy (non-hydrogen) atoms. The molecule has 0 bridgehead atoms. The van der Waals surface area contributed by atoms with Gasteiger partial charge in [-0.15, -0.1) is 0 Å². The van der Waals surface area contributed by atoms with E-state index < -0.39 is 0 Å². The minimum atomic E-state index is -0.0307. The number of nitrogens with zero attached hydrogens (tertiary/aromatic N) is 4. The minimum absolute atomic E-state index is 0.0307. The fourth-order valence-corrected chi connectivity index (χ4v) is 3.62. The molecule has 0 N–H and O–H groups in total. The normalized spacial score (nSPS) is 17.1. The lowest BCUT2D eigenvalue weighted by Crippen LogP contribution is -2.13. The van der Waals surface area contributed by atoms with Crippen LogP contribution in [0.25, 0.3) is 5.69 Å². The van der Waals surface area contributed by atoms with Gasteiger partial charge in [0.05, 0.1) is 17.1 Å². The van der Waals surface area contributed by atoms with Crippen LogP contribution in [0, 0.1) is 12.8 Å². The van der Waals surface area contributed by atoms with Crippen LogP contribution in [0.3, 0.4) is 0 Å². The van der Waals surface area contributed by atoms with E-state index in [0.29, 0.717) is 10.9 Å². The first-order valence-corrected chi connectivity index (χ1v) is 9.31. The van der Waals surface area contributed by atoms with Crippen molar-refractivity contribution in [2.45, 2.75) is 33.2 Å². The Morgan fingerprint density at radius 3 is 2.77 bits per heavy atom. The fraction of sp³-hybridized carbons (Fsp3) is 0.286. The summed E-state index contributed by atoms with van der Waals surface area (Å²) in [6.07, 6.45) is 4.74. The fourth-order valence-electron chi connectivity index (χ4n) is 3.45. The minimum Gasteiger partial charge on any atom is -0.299 e. The number of halogens is 1. The van der Waals surface area contributed by atoms with E-state index in [1.165, 1.54) is 0 Å². The predicted octanol–water partition coefficient (Wildman–Crippen LogP) is 5.17. The van der Waals surface area contributed by atoms with Crippen molar-refractivity contribution in [3.8, 4) is 5.69 Å². The smallest absolute Gasteiger partial charge is 0.138 e. The lowest BCUT2D eigenvalue weighted by Gasteiger charge is -2.19. The second kappa shape index (κ2) is 6.69. The number of rotatable bonds is 3. The van der Waals surface area contributed by atoms with Crippen LogP contribution < -0.4 is 0 Å². The molecular formula is C21H21ClN4. The van der Waals surface area contributed by atoms with Crippen molar-refractivity contribution in [1.29, 1.82) is 0 Å². The average Bonchev–Trinajstić information content (AvgIpc) is 2.97. The summed E-state index contributed by atoms with van der Waals surface area (Å²) in [6, 6.07) is 11.8. The van der Waals surface area contributed by atoms with E-state index in [2.05, 4.69) is 30.3 Å². The maximum atomic E-state index is 6.35. The van der Waals surface area contributed by atoms with Crippen molar-refractivity contribution in [3.63, 3.8) is 0 Å². The Labute approximate surface area is 158 Å². The third kappa shape index (κ3) is 2.74. The molecular weight excluding hydrogens is 344 g/mol. The molecule has 3 aromatic rings. The van der Waals surface area contributed by atoms with Gasteiger partial charge in [-0.3, -0.25) is 14.5 Å². The molecule has 0 fully saturated rings. The third-order valence-electron chi connectivity index (χ3n) is 5.04. The third-order valence-corrected chi connectivity index (χ3v) is 5.28. The first-order valence-electron chi connectivity index (χ1n) is 8.94. The number of fused-ring (bicyclic) bond motifs is 3. The second-order valence-electron chi connectivity index (χ2n) is 6.78. The highest BCUT2D eigenvalue weighted by molar-refractivity contribution is 6.31. The molecule has 3 heterocycles. The summed E-state index contributed by atoms with van der Waals surface area (Å²) in [7, 11) is 0. The summed E-state index contributed by atoms with van der Waals surface area (Å²) in [5, 5.41) is 0.689. The molecule has 2 atom stereocenters. The van der Waals surface area contributed by atoms with E-state index in [1.807, 2.05) is 42.6 Å². The molecule has 4 rings (SSSR count). The number of aliphatic imine (C=N–C) groups is 1. The zero-order chi connectivity index (χ0) is 18.3. The summed E-state index contributed by atoms with van der Waals surface area (Å²) >= 11 is 6.35. The Hall–Kier alpha value is -2.46. The Morgan fingerprint density at radius 1 is 1.19 bits per heavy atom. The van der Waals surface area contributed by atoms with E-state index in [4.69, 9.17) is 21.6 Å². The summed E-state index contributed by atoms with van der Waals surface area (Å²) < 4.78 is 2.21. The van der Waals surface area contributed by atoms with Crippen molar-refractivity contribution in [3.05, 3.63) is 76.6 Å². The monoisotopic (exact) mass is 364 g/mol. The van der Waals surface area contributed by atoms with Crippen molar-refractivity contribution < 1.29 is 0 Å². The van der Waals surface area contributed by atoms with Gasteiger partial charge >= 0.3 is 0 Å². The molecule has 0 radical (unpaired) electrons. The maximum absolute atomic E-state index is 6.35.